The average Bonchev–Trinajstić information content (AvgIpc) is 1.87. The van der Waals surface area contributed by atoms with E-state index in [1.165, 1.54) is 0 Å². The minimum atomic E-state index is 0.518. The van der Waals surface area contributed by atoms with Gasteiger partial charge in [0.25, 0.3) is 0 Å². The maximum atomic E-state index is 8.21. The predicted octanol–water partition coefficient (Wildman–Crippen LogP) is 0.432. The molecule has 0 bridgehead atoms. The summed E-state index contributed by atoms with van der Waals surface area (Å²) in [7, 11) is 1.69. The third kappa shape index (κ3) is 2.69. The van der Waals surface area contributed by atoms with E-state index in [-0.39, 0.29) is 0 Å². The van der Waals surface area contributed by atoms with Gasteiger partial charge >= 0.3 is 0 Å². The number of hydrogen-bond acceptors (Lipinski definition) is 4. The van der Waals surface area contributed by atoms with E-state index < -0.39 is 0 Å². The average molecular weight is 129 g/mol. The van der Waals surface area contributed by atoms with Crippen molar-refractivity contribution in [3.8, 4) is 0 Å². The van der Waals surface area contributed by atoms with Crippen LogP contribution in [0.1, 0.15) is 13.8 Å². The second-order valence-electron chi connectivity index (χ2n) is 1.61. The molecule has 52 valence electrons. The van der Waals surface area contributed by atoms with Gasteiger partial charge in [-0.05, 0) is 13.8 Å². The smallest absolute Gasteiger partial charge is 0.0993 e. The summed E-state index contributed by atoms with van der Waals surface area (Å²) < 4.78 is 0. The third-order valence-electron chi connectivity index (χ3n) is 0.953. The molecule has 0 rings (SSSR count). The van der Waals surface area contributed by atoms with E-state index in [4.69, 9.17) is 5.21 Å². The molecule has 0 aromatic heterocycles. The Morgan fingerprint density at radius 1 is 1.33 bits per heavy atom. The Labute approximate surface area is 54.3 Å². The summed E-state index contributed by atoms with van der Waals surface area (Å²) >= 11 is 0. The Morgan fingerprint density at radius 2 is 1.89 bits per heavy atom. The number of hydrogen-bond donors (Lipinski definition) is 2. The van der Waals surface area contributed by atoms with Crippen molar-refractivity contribution in [2.75, 3.05) is 7.05 Å². The zero-order valence-corrected chi connectivity index (χ0v) is 5.84. The van der Waals surface area contributed by atoms with Crippen molar-refractivity contribution in [2.24, 2.45) is 10.3 Å². The van der Waals surface area contributed by atoms with Crippen LogP contribution in [0.4, 0.5) is 0 Å². The summed E-state index contributed by atoms with van der Waals surface area (Å²) in [4.78, 5) is 0. The first-order valence-electron chi connectivity index (χ1n) is 2.62. The highest BCUT2D eigenvalue weighted by molar-refractivity contribution is 6.40. The van der Waals surface area contributed by atoms with Crippen LogP contribution in [0.3, 0.4) is 0 Å². The van der Waals surface area contributed by atoms with Crippen LogP contribution < -0.4 is 5.43 Å². The van der Waals surface area contributed by atoms with E-state index in [0.29, 0.717) is 11.4 Å². The number of oxime groups is 1. The minimum Gasteiger partial charge on any atom is -0.411 e. The van der Waals surface area contributed by atoms with E-state index in [1.807, 2.05) is 0 Å². The van der Waals surface area contributed by atoms with Gasteiger partial charge < -0.3 is 10.6 Å². The van der Waals surface area contributed by atoms with E-state index in [9.17, 15) is 0 Å². The Hall–Kier alpha value is -1.06. The molecule has 0 fully saturated rings. The molecule has 9 heavy (non-hydrogen) atoms. The molecule has 0 atom stereocenters. The van der Waals surface area contributed by atoms with Crippen molar-refractivity contribution < 1.29 is 5.21 Å². The highest BCUT2D eigenvalue weighted by Crippen LogP contribution is 1.79. The number of nitrogens with one attached hydrogen (secondary N) is 1. The van der Waals surface area contributed by atoms with Crippen molar-refractivity contribution in [2.45, 2.75) is 13.8 Å². The van der Waals surface area contributed by atoms with Gasteiger partial charge in [0.05, 0.1) is 11.4 Å². The van der Waals surface area contributed by atoms with Crippen molar-refractivity contribution in [3.63, 3.8) is 0 Å². The van der Waals surface area contributed by atoms with Gasteiger partial charge in [-0.3, -0.25) is 0 Å². The van der Waals surface area contributed by atoms with Crippen LogP contribution in [0.15, 0.2) is 10.3 Å². The van der Waals surface area contributed by atoms with Gasteiger partial charge in [-0.25, -0.2) is 0 Å². The lowest BCUT2D eigenvalue weighted by atomic mass is 10.3. The van der Waals surface area contributed by atoms with Crippen LogP contribution in [-0.2, 0) is 0 Å². The van der Waals surface area contributed by atoms with Crippen molar-refractivity contribution >= 4 is 11.4 Å². The normalized spacial score (nSPS) is 13.7. The molecule has 0 radical (unpaired) electrons. The molecule has 0 saturated heterocycles. The zero-order valence-electron chi connectivity index (χ0n) is 5.84. The molecule has 0 unspecified atom stereocenters. The largest absolute Gasteiger partial charge is 0.411 e. The van der Waals surface area contributed by atoms with Crippen LogP contribution in [0, 0.1) is 0 Å². The van der Waals surface area contributed by atoms with Crippen LogP contribution >= 0.6 is 0 Å². The summed E-state index contributed by atoms with van der Waals surface area (Å²) in [6.45, 7) is 3.43. The second-order valence-corrected chi connectivity index (χ2v) is 1.61. The second kappa shape index (κ2) is 3.88. The van der Waals surface area contributed by atoms with Gasteiger partial charge in [0.2, 0.25) is 0 Å². The topological polar surface area (TPSA) is 57.0 Å². The standard InChI is InChI=1S/C5H11N3O/c1-4(7-6-3)5(2)8-9/h6,9H,1-3H3/b7-4-,8-5+. The number of nitrogens with zero attached hydrogens (tertiary/aromatic N) is 2. The summed E-state index contributed by atoms with van der Waals surface area (Å²) in [6.07, 6.45) is 0. The van der Waals surface area contributed by atoms with E-state index in [2.05, 4.69) is 15.7 Å². The lowest BCUT2D eigenvalue weighted by Gasteiger charge is -1.94. The van der Waals surface area contributed by atoms with E-state index in [1.54, 1.807) is 20.9 Å². The first kappa shape index (κ1) is 7.94. The summed E-state index contributed by atoms with van der Waals surface area (Å²) in [5, 5.41) is 14.9. The quantitative estimate of drug-likeness (QED) is 0.323. The fourth-order valence-corrected chi connectivity index (χ4v) is 0.321. The van der Waals surface area contributed by atoms with E-state index in [0.717, 1.165) is 0 Å². The van der Waals surface area contributed by atoms with Crippen molar-refractivity contribution in [3.05, 3.63) is 0 Å². The first-order valence-corrected chi connectivity index (χ1v) is 2.62. The molecule has 0 aromatic rings. The van der Waals surface area contributed by atoms with Gasteiger partial charge in [-0.2, -0.15) is 5.10 Å². The Bertz CT molecular complexity index is 139. The van der Waals surface area contributed by atoms with Gasteiger partial charge in [-0.1, -0.05) is 5.16 Å². The Kier molecular flexibility index (Phi) is 3.43. The highest BCUT2D eigenvalue weighted by Gasteiger charge is 1.93. The van der Waals surface area contributed by atoms with Crippen molar-refractivity contribution in [1.29, 1.82) is 0 Å². The third-order valence-corrected chi connectivity index (χ3v) is 0.953. The molecule has 0 aliphatic carbocycles. The van der Waals surface area contributed by atoms with Crippen molar-refractivity contribution in [1.82, 2.24) is 5.43 Å². The SMILES string of the molecule is CN/N=C(C)\C(C)=N\O. The fourth-order valence-electron chi connectivity index (χ4n) is 0.321. The molecule has 2 N–H and O–H groups in total. The molecule has 0 aromatic carbocycles. The zero-order chi connectivity index (χ0) is 7.28. The van der Waals surface area contributed by atoms with Crippen LogP contribution in [-0.4, -0.2) is 23.7 Å². The van der Waals surface area contributed by atoms with E-state index >= 15 is 0 Å². The summed E-state index contributed by atoms with van der Waals surface area (Å²) in [5.41, 5.74) is 3.78. The molecule has 4 heteroatoms. The molecule has 0 amide bonds. The van der Waals surface area contributed by atoms with Crippen LogP contribution in [0.2, 0.25) is 0 Å². The lowest BCUT2D eigenvalue weighted by Crippen LogP contribution is -2.10. The summed E-state index contributed by atoms with van der Waals surface area (Å²) in [5.74, 6) is 0. The van der Waals surface area contributed by atoms with Crippen LogP contribution in [0.25, 0.3) is 0 Å². The summed E-state index contributed by atoms with van der Waals surface area (Å²) in [6, 6.07) is 0. The fraction of sp³-hybridized carbons (Fsp3) is 0.600. The molecule has 0 saturated carbocycles. The van der Waals surface area contributed by atoms with Crippen LogP contribution in [0.5, 0.6) is 0 Å². The molecular weight excluding hydrogens is 118 g/mol. The first-order chi connectivity index (χ1) is 4.22. The molecule has 4 nitrogen and oxygen atoms in total. The monoisotopic (exact) mass is 129 g/mol. The minimum absolute atomic E-state index is 0.518. The maximum absolute atomic E-state index is 8.21. The number of hydrazone groups is 1. The molecule has 0 spiro atoms. The molecule has 0 heterocycles. The van der Waals surface area contributed by atoms with Gasteiger partial charge in [0, 0.05) is 7.05 Å². The highest BCUT2D eigenvalue weighted by atomic mass is 16.4. The Balaban J connectivity index is 4.03. The lowest BCUT2D eigenvalue weighted by molar-refractivity contribution is 0.320. The van der Waals surface area contributed by atoms with Gasteiger partial charge in [-0.15, -0.1) is 0 Å². The molecule has 0 aliphatic rings. The molecule has 0 aliphatic heterocycles. The van der Waals surface area contributed by atoms with Gasteiger partial charge in [0.15, 0.2) is 0 Å². The Morgan fingerprint density at radius 3 is 2.22 bits per heavy atom. The molecular formula is C5H11N3O. The number of rotatable bonds is 2. The van der Waals surface area contributed by atoms with Gasteiger partial charge in [0.1, 0.15) is 0 Å². The predicted molar refractivity (Wildman–Crippen MR) is 37.1 cm³/mol. The maximum Gasteiger partial charge on any atom is 0.0993 e.